The number of nitrogens with one attached hydrogen (secondary N) is 1. The summed E-state index contributed by atoms with van der Waals surface area (Å²) in [7, 11) is 0. The summed E-state index contributed by atoms with van der Waals surface area (Å²) in [5.41, 5.74) is 0.643. The van der Waals surface area contributed by atoms with E-state index in [-0.39, 0.29) is 6.03 Å². The molecule has 0 spiro atoms. The summed E-state index contributed by atoms with van der Waals surface area (Å²) < 4.78 is 0. The number of carbonyl (C=O) groups is 2. The topological polar surface area (TPSA) is 69.6 Å². The minimum absolute atomic E-state index is 0.302. The first-order chi connectivity index (χ1) is 9.29. The number of carboxylic acids is 1. The highest BCUT2D eigenvalue weighted by Crippen LogP contribution is 2.25. The Morgan fingerprint density at radius 3 is 2.75 bits per heavy atom. The summed E-state index contributed by atoms with van der Waals surface area (Å²) in [5.74, 6) is -1.00. The van der Waals surface area contributed by atoms with Gasteiger partial charge >= 0.3 is 12.0 Å². The molecule has 0 aromatic carbocycles. The maximum atomic E-state index is 12.2. The molecule has 0 fully saturated rings. The van der Waals surface area contributed by atoms with Crippen LogP contribution in [-0.4, -0.2) is 34.6 Å². The van der Waals surface area contributed by atoms with Gasteiger partial charge in [0.05, 0.1) is 0 Å². The summed E-state index contributed by atoms with van der Waals surface area (Å²) in [5, 5.41) is 13.9. The molecule has 0 unspecified atom stereocenters. The molecule has 0 saturated carbocycles. The Balaban J connectivity index is 2.04. The van der Waals surface area contributed by atoms with Gasteiger partial charge in [-0.1, -0.05) is 20.8 Å². The number of fused-ring (bicyclic) bond motifs is 1. The van der Waals surface area contributed by atoms with E-state index < -0.39 is 17.4 Å². The molecule has 1 aromatic heterocycles. The molecule has 2 N–H and O–H groups in total. The average molecular weight is 296 g/mol. The van der Waals surface area contributed by atoms with Crippen molar-refractivity contribution in [3.8, 4) is 0 Å². The largest absolute Gasteiger partial charge is 0.480 e. The van der Waals surface area contributed by atoms with Crippen LogP contribution in [0.4, 0.5) is 4.79 Å². The van der Waals surface area contributed by atoms with Crippen LogP contribution in [0.1, 0.15) is 31.2 Å². The highest BCUT2D eigenvalue weighted by molar-refractivity contribution is 7.10. The van der Waals surface area contributed by atoms with Gasteiger partial charge < -0.3 is 15.3 Å². The second kappa shape index (κ2) is 5.44. The fraction of sp³-hybridized carbons (Fsp3) is 0.571. The molecule has 20 heavy (non-hydrogen) atoms. The highest BCUT2D eigenvalue weighted by atomic mass is 32.1. The Bertz CT molecular complexity index is 519. The third-order valence-corrected chi connectivity index (χ3v) is 4.50. The molecule has 6 heteroatoms. The highest BCUT2D eigenvalue weighted by Gasteiger charge is 2.34. The number of aliphatic carboxylic acids is 1. The molecule has 0 aliphatic carbocycles. The number of carbonyl (C=O) groups excluding carboxylic acids is 1. The van der Waals surface area contributed by atoms with Crippen molar-refractivity contribution in [2.75, 3.05) is 6.54 Å². The smallest absolute Gasteiger partial charge is 0.326 e. The summed E-state index contributed by atoms with van der Waals surface area (Å²) in [6.07, 6.45) is 0.841. The number of amides is 2. The number of hydrogen-bond donors (Lipinski definition) is 2. The lowest BCUT2D eigenvalue weighted by Crippen LogP contribution is -2.53. The molecule has 0 bridgehead atoms. The average Bonchev–Trinajstić information content (AvgIpc) is 2.80. The second-order valence-corrected chi connectivity index (χ2v) is 7.13. The molecule has 1 atom stereocenters. The molecule has 2 heterocycles. The van der Waals surface area contributed by atoms with Crippen molar-refractivity contribution in [1.82, 2.24) is 10.2 Å². The van der Waals surface area contributed by atoms with Crippen molar-refractivity contribution in [3.05, 3.63) is 21.9 Å². The van der Waals surface area contributed by atoms with Crippen LogP contribution in [0.2, 0.25) is 0 Å². The van der Waals surface area contributed by atoms with Gasteiger partial charge in [-0.15, -0.1) is 11.3 Å². The van der Waals surface area contributed by atoms with E-state index >= 15 is 0 Å². The number of nitrogens with zero attached hydrogens (tertiary/aromatic N) is 1. The molecule has 110 valence electrons. The quantitative estimate of drug-likeness (QED) is 0.880. The Labute approximate surface area is 122 Å². The summed E-state index contributed by atoms with van der Waals surface area (Å²) >= 11 is 1.71. The molecule has 0 radical (unpaired) electrons. The van der Waals surface area contributed by atoms with Gasteiger partial charge in [0.15, 0.2) is 0 Å². The van der Waals surface area contributed by atoms with Crippen LogP contribution < -0.4 is 5.32 Å². The van der Waals surface area contributed by atoms with Crippen LogP contribution in [0.25, 0.3) is 0 Å². The molecular formula is C14H20N2O3S. The minimum atomic E-state index is -1.00. The molecule has 5 nitrogen and oxygen atoms in total. The van der Waals surface area contributed by atoms with E-state index in [1.165, 1.54) is 10.4 Å². The minimum Gasteiger partial charge on any atom is -0.480 e. The lowest BCUT2D eigenvalue weighted by atomic mass is 9.87. The molecule has 1 aromatic rings. The molecule has 1 aliphatic rings. The van der Waals surface area contributed by atoms with Gasteiger partial charge in [-0.25, -0.2) is 9.59 Å². The van der Waals surface area contributed by atoms with Gasteiger partial charge in [0.1, 0.15) is 6.04 Å². The van der Waals surface area contributed by atoms with Crippen LogP contribution in [0.5, 0.6) is 0 Å². The van der Waals surface area contributed by atoms with E-state index in [9.17, 15) is 14.7 Å². The predicted molar refractivity (Wildman–Crippen MR) is 77.8 cm³/mol. The van der Waals surface area contributed by atoms with E-state index in [2.05, 4.69) is 5.32 Å². The van der Waals surface area contributed by atoms with Gasteiger partial charge in [0.25, 0.3) is 0 Å². The predicted octanol–water partition coefficient (Wildman–Crippen LogP) is 2.32. The van der Waals surface area contributed by atoms with Gasteiger partial charge in [-0.3, -0.25) is 0 Å². The third kappa shape index (κ3) is 3.12. The lowest BCUT2D eigenvalue weighted by molar-refractivity contribution is -0.142. The molecular weight excluding hydrogens is 276 g/mol. The van der Waals surface area contributed by atoms with Crippen molar-refractivity contribution >= 4 is 23.3 Å². The Kier molecular flexibility index (Phi) is 4.04. The van der Waals surface area contributed by atoms with Crippen molar-refractivity contribution in [3.63, 3.8) is 0 Å². The number of urea groups is 1. The first-order valence-corrected chi connectivity index (χ1v) is 7.50. The van der Waals surface area contributed by atoms with Crippen LogP contribution in [0.15, 0.2) is 11.4 Å². The zero-order chi connectivity index (χ0) is 14.9. The zero-order valence-electron chi connectivity index (χ0n) is 12.0. The Morgan fingerprint density at radius 2 is 2.15 bits per heavy atom. The van der Waals surface area contributed by atoms with E-state index in [0.717, 1.165) is 6.42 Å². The van der Waals surface area contributed by atoms with E-state index in [4.69, 9.17) is 0 Å². The maximum Gasteiger partial charge on any atom is 0.326 e. The zero-order valence-corrected chi connectivity index (χ0v) is 12.8. The molecule has 2 amide bonds. The van der Waals surface area contributed by atoms with Gasteiger partial charge in [0, 0.05) is 18.0 Å². The summed E-state index contributed by atoms with van der Waals surface area (Å²) in [6.45, 7) is 6.61. The van der Waals surface area contributed by atoms with Crippen LogP contribution >= 0.6 is 11.3 Å². The number of thiophene rings is 1. The fourth-order valence-electron chi connectivity index (χ4n) is 2.29. The van der Waals surface area contributed by atoms with Crippen LogP contribution in [-0.2, 0) is 17.8 Å². The standard InChI is InChI=1S/C14H20N2O3S/c1-14(2,3)11(12(17)18)15-13(19)16-6-4-10-9(8-16)5-7-20-10/h5,7,11H,4,6,8H2,1-3H3,(H,15,19)(H,17,18)/t11-/m0/s1. The Hall–Kier alpha value is -1.56. The van der Waals surface area contributed by atoms with E-state index in [1.807, 2.05) is 11.4 Å². The maximum absolute atomic E-state index is 12.2. The molecule has 2 rings (SSSR count). The molecule has 0 saturated heterocycles. The first kappa shape index (κ1) is 14.8. The number of carboxylic acid groups (broad SMARTS) is 1. The first-order valence-electron chi connectivity index (χ1n) is 6.62. The van der Waals surface area contributed by atoms with Crippen molar-refractivity contribution in [2.45, 2.75) is 39.8 Å². The van der Waals surface area contributed by atoms with E-state index in [0.29, 0.717) is 13.1 Å². The number of rotatable bonds is 2. The normalized spacial score (nSPS) is 16.4. The van der Waals surface area contributed by atoms with Crippen LogP contribution in [0, 0.1) is 5.41 Å². The van der Waals surface area contributed by atoms with Crippen molar-refractivity contribution in [1.29, 1.82) is 0 Å². The number of hydrogen-bond acceptors (Lipinski definition) is 3. The SMILES string of the molecule is CC(C)(C)[C@@H](NC(=O)N1CCc2sccc2C1)C(=O)O. The fourth-order valence-corrected chi connectivity index (χ4v) is 3.17. The summed E-state index contributed by atoms with van der Waals surface area (Å²) in [4.78, 5) is 26.5. The molecule has 1 aliphatic heterocycles. The summed E-state index contributed by atoms with van der Waals surface area (Å²) in [6, 6.07) is 0.834. The third-order valence-electron chi connectivity index (χ3n) is 3.48. The van der Waals surface area contributed by atoms with Crippen LogP contribution in [0.3, 0.4) is 0 Å². The second-order valence-electron chi connectivity index (χ2n) is 6.13. The monoisotopic (exact) mass is 296 g/mol. The van der Waals surface area contributed by atoms with Crippen molar-refractivity contribution < 1.29 is 14.7 Å². The Morgan fingerprint density at radius 1 is 1.45 bits per heavy atom. The van der Waals surface area contributed by atoms with E-state index in [1.54, 1.807) is 37.0 Å². The lowest BCUT2D eigenvalue weighted by Gasteiger charge is -2.32. The van der Waals surface area contributed by atoms with Gasteiger partial charge in [-0.05, 0) is 28.8 Å². The van der Waals surface area contributed by atoms with Crippen molar-refractivity contribution in [2.24, 2.45) is 5.41 Å². The van der Waals surface area contributed by atoms with Gasteiger partial charge in [0.2, 0.25) is 0 Å². The van der Waals surface area contributed by atoms with Gasteiger partial charge in [-0.2, -0.15) is 0 Å².